The van der Waals surface area contributed by atoms with Crippen LogP contribution in [0, 0.1) is 3.57 Å². The number of carbonyl (C=O) groups is 1. The molecule has 0 saturated carbocycles. The number of aliphatic hydroxyl groups excluding tert-OH is 1. The average Bonchev–Trinajstić information content (AvgIpc) is 2.38. The molecule has 5 heteroatoms. The Kier molecular flexibility index (Phi) is 4.97. The second-order valence-corrected chi connectivity index (χ2v) is 5.64. The number of amides is 2. The van der Waals surface area contributed by atoms with Crippen molar-refractivity contribution in [2.75, 3.05) is 10.6 Å². The fraction of sp³-hybridized carbons (Fsp3) is 0.133. The largest absolute Gasteiger partial charge is 0.389 e. The van der Waals surface area contributed by atoms with Crippen LogP contribution in [-0.2, 0) is 0 Å². The number of hydrogen-bond acceptors (Lipinski definition) is 2. The molecule has 0 aliphatic heterocycles. The third-order valence-electron chi connectivity index (χ3n) is 2.71. The Hall–Kier alpha value is -1.60. The molecule has 0 spiro atoms. The van der Waals surface area contributed by atoms with Crippen LogP contribution in [0.1, 0.15) is 18.6 Å². The molecular formula is C15H15IN2O2. The summed E-state index contributed by atoms with van der Waals surface area (Å²) in [6.45, 7) is 1.69. The average molecular weight is 382 g/mol. The molecule has 20 heavy (non-hydrogen) atoms. The fourth-order valence-electron chi connectivity index (χ4n) is 1.74. The lowest BCUT2D eigenvalue weighted by atomic mass is 10.1. The Morgan fingerprint density at radius 2 is 1.70 bits per heavy atom. The molecule has 0 radical (unpaired) electrons. The summed E-state index contributed by atoms with van der Waals surface area (Å²) in [5.74, 6) is 0. The Labute approximate surface area is 131 Å². The molecule has 0 aliphatic rings. The van der Waals surface area contributed by atoms with Gasteiger partial charge in [0.2, 0.25) is 0 Å². The van der Waals surface area contributed by atoms with Gasteiger partial charge in [0.05, 0.1) is 6.10 Å². The third-order valence-corrected chi connectivity index (χ3v) is 3.38. The fourth-order valence-corrected chi connectivity index (χ4v) is 2.28. The lowest BCUT2D eigenvalue weighted by Crippen LogP contribution is -2.19. The van der Waals surface area contributed by atoms with Crippen LogP contribution in [0.2, 0.25) is 0 Å². The first-order valence-corrected chi connectivity index (χ1v) is 7.24. The Morgan fingerprint density at radius 1 is 1.10 bits per heavy atom. The van der Waals surface area contributed by atoms with E-state index in [1.807, 2.05) is 30.3 Å². The first-order chi connectivity index (χ1) is 9.54. The van der Waals surface area contributed by atoms with Crippen molar-refractivity contribution < 1.29 is 9.90 Å². The Morgan fingerprint density at radius 3 is 2.30 bits per heavy atom. The van der Waals surface area contributed by atoms with Gasteiger partial charge in [0.15, 0.2) is 0 Å². The summed E-state index contributed by atoms with van der Waals surface area (Å²) in [6, 6.07) is 14.4. The molecule has 3 N–H and O–H groups in total. The van der Waals surface area contributed by atoms with Crippen molar-refractivity contribution in [2.45, 2.75) is 13.0 Å². The van der Waals surface area contributed by atoms with E-state index in [0.717, 1.165) is 14.8 Å². The summed E-state index contributed by atoms with van der Waals surface area (Å²) < 4.78 is 1.05. The van der Waals surface area contributed by atoms with Gasteiger partial charge in [-0.25, -0.2) is 4.79 Å². The third kappa shape index (κ3) is 4.21. The maximum absolute atomic E-state index is 11.9. The summed E-state index contributed by atoms with van der Waals surface area (Å²) >= 11 is 2.19. The maximum Gasteiger partial charge on any atom is 0.323 e. The van der Waals surface area contributed by atoms with Gasteiger partial charge in [0, 0.05) is 14.9 Å². The normalized spacial score (nSPS) is 11.8. The van der Waals surface area contributed by atoms with Crippen LogP contribution in [-0.4, -0.2) is 11.1 Å². The highest BCUT2D eigenvalue weighted by Gasteiger charge is 2.05. The molecule has 2 aromatic carbocycles. The van der Waals surface area contributed by atoms with Crippen LogP contribution in [0.4, 0.5) is 16.2 Å². The molecule has 1 atom stereocenters. The molecule has 0 saturated heterocycles. The van der Waals surface area contributed by atoms with Crippen molar-refractivity contribution in [3.63, 3.8) is 0 Å². The van der Waals surface area contributed by atoms with Crippen molar-refractivity contribution >= 4 is 40.0 Å². The van der Waals surface area contributed by atoms with E-state index in [0.29, 0.717) is 5.69 Å². The topological polar surface area (TPSA) is 61.4 Å². The lowest BCUT2D eigenvalue weighted by molar-refractivity contribution is 0.199. The van der Waals surface area contributed by atoms with Crippen LogP contribution >= 0.6 is 22.6 Å². The monoisotopic (exact) mass is 382 g/mol. The summed E-state index contributed by atoms with van der Waals surface area (Å²) in [5.41, 5.74) is 2.14. The predicted octanol–water partition coefficient (Wildman–Crippen LogP) is 3.99. The zero-order valence-electron chi connectivity index (χ0n) is 10.9. The zero-order valence-corrected chi connectivity index (χ0v) is 13.1. The minimum atomic E-state index is -0.560. The van der Waals surface area contributed by atoms with Crippen molar-refractivity contribution in [1.29, 1.82) is 0 Å². The number of nitrogens with one attached hydrogen (secondary N) is 2. The number of hydrogen-bond donors (Lipinski definition) is 3. The van der Waals surface area contributed by atoms with Crippen molar-refractivity contribution in [2.24, 2.45) is 0 Å². The molecular weight excluding hydrogens is 367 g/mol. The standard InChI is InChI=1S/C15H15IN2O2/c1-10(19)11-4-2-6-13(8-11)17-15(20)18-14-7-3-5-12(16)9-14/h2-10,19H,1H3,(H2,17,18,20). The molecule has 4 nitrogen and oxygen atoms in total. The van der Waals surface area contributed by atoms with Crippen LogP contribution in [0.3, 0.4) is 0 Å². The number of aliphatic hydroxyl groups is 1. The molecule has 0 aromatic heterocycles. The van der Waals surface area contributed by atoms with Gasteiger partial charge in [0.1, 0.15) is 0 Å². The van der Waals surface area contributed by atoms with E-state index >= 15 is 0 Å². The molecule has 2 aromatic rings. The van der Waals surface area contributed by atoms with Crippen LogP contribution in [0.15, 0.2) is 48.5 Å². The maximum atomic E-state index is 11.9. The number of halogens is 1. The number of urea groups is 1. The van der Waals surface area contributed by atoms with Gasteiger partial charge in [-0.2, -0.15) is 0 Å². The van der Waals surface area contributed by atoms with E-state index in [1.54, 1.807) is 25.1 Å². The van der Waals surface area contributed by atoms with Gasteiger partial charge >= 0.3 is 6.03 Å². The van der Waals surface area contributed by atoms with Crippen molar-refractivity contribution in [3.05, 3.63) is 57.7 Å². The van der Waals surface area contributed by atoms with Gasteiger partial charge in [-0.15, -0.1) is 0 Å². The minimum absolute atomic E-state index is 0.310. The predicted molar refractivity (Wildman–Crippen MR) is 88.9 cm³/mol. The SMILES string of the molecule is CC(O)c1cccc(NC(=O)Nc2cccc(I)c2)c1. The van der Waals surface area contributed by atoms with Crippen LogP contribution < -0.4 is 10.6 Å². The van der Waals surface area contributed by atoms with E-state index in [4.69, 9.17) is 0 Å². The number of carbonyl (C=O) groups excluding carboxylic acids is 1. The molecule has 0 fully saturated rings. The van der Waals surface area contributed by atoms with Crippen LogP contribution in [0.5, 0.6) is 0 Å². The molecule has 2 amide bonds. The summed E-state index contributed by atoms with van der Waals surface area (Å²) in [7, 11) is 0. The first kappa shape index (κ1) is 14.8. The number of anilines is 2. The van der Waals surface area contributed by atoms with Gasteiger partial charge in [0.25, 0.3) is 0 Å². The second kappa shape index (κ2) is 6.71. The Balaban J connectivity index is 2.03. The lowest BCUT2D eigenvalue weighted by Gasteiger charge is -2.10. The van der Waals surface area contributed by atoms with E-state index in [2.05, 4.69) is 33.2 Å². The highest BCUT2D eigenvalue weighted by Crippen LogP contribution is 2.17. The second-order valence-electron chi connectivity index (χ2n) is 4.39. The van der Waals surface area contributed by atoms with Gasteiger partial charge in [-0.3, -0.25) is 0 Å². The highest BCUT2D eigenvalue weighted by molar-refractivity contribution is 14.1. The smallest absolute Gasteiger partial charge is 0.323 e. The number of benzene rings is 2. The Bertz CT molecular complexity index is 614. The molecule has 0 bridgehead atoms. The van der Waals surface area contributed by atoms with Gasteiger partial charge in [-0.05, 0) is 65.4 Å². The van der Waals surface area contributed by atoms with E-state index in [1.165, 1.54) is 0 Å². The molecule has 0 aliphatic carbocycles. The quantitative estimate of drug-likeness (QED) is 0.704. The van der Waals surface area contributed by atoms with Gasteiger partial charge < -0.3 is 15.7 Å². The molecule has 2 rings (SSSR count). The first-order valence-electron chi connectivity index (χ1n) is 6.16. The zero-order chi connectivity index (χ0) is 14.5. The summed E-state index contributed by atoms with van der Waals surface area (Å²) in [5, 5.41) is 15.0. The van der Waals surface area contributed by atoms with E-state index < -0.39 is 6.10 Å². The summed E-state index contributed by atoms with van der Waals surface area (Å²) in [6.07, 6.45) is -0.560. The van der Waals surface area contributed by atoms with Gasteiger partial charge in [-0.1, -0.05) is 18.2 Å². The number of rotatable bonds is 3. The molecule has 104 valence electrons. The molecule has 0 heterocycles. The van der Waals surface area contributed by atoms with E-state index in [9.17, 15) is 9.90 Å². The van der Waals surface area contributed by atoms with Crippen molar-refractivity contribution in [1.82, 2.24) is 0 Å². The van der Waals surface area contributed by atoms with Crippen molar-refractivity contribution in [3.8, 4) is 0 Å². The van der Waals surface area contributed by atoms with E-state index in [-0.39, 0.29) is 6.03 Å². The highest BCUT2D eigenvalue weighted by atomic mass is 127. The van der Waals surface area contributed by atoms with Crippen LogP contribution in [0.25, 0.3) is 0 Å². The molecule has 1 unspecified atom stereocenters. The minimum Gasteiger partial charge on any atom is -0.389 e. The summed E-state index contributed by atoms with van der Waals surface area (Å²) in [4.78, 5) is 11.9.